The molecule has 1 aliphatic heterocycles. The molecule has 1 rings (SSSR count). The maximum Gasteiger partial charge on any atom is 0.366 e. The first-order valence-corrected chi connectivity index (χ1v) is 4.07. The molecule has 0 atom stereocenters. The van der Waals surface area contributed by atoms with Crippen molar-refractivity contribution in [3.63, 3.8) is 0 Å². The van der Waals surface area contributed by atoms with E-state index in [1.807, 2.05) is 0 Å². The van der Waals surface area contributed by atoms with Crippen molar-refractivity contribution in [1.29, 1.82) is 0 Å². The molecule has 6 heteroatoms. The Labute approximate surface area is 58.6 Å². The quantitative estimate of drug-likeness (QED) is 0.534. The van der Waals surface area contributed by atoms with E-state index < -0.39 is 10.2 Å². The fraction of sp³-hybridized carbons (Fsp3) is 0.500. The Bertz CT molecular complexity index is 277. The summed E-state index contributed by atoms with van der Waals surface area (Å²) in [6.07, 6.45) is 1.08. The molecule has 0 saturated carbocycles. The van der Waals surface area contributed by atoms with E-state index >= 15 is 0 Å². The largest absolute Gasteiger partial charge is 0.476 e. The average Bonchev–Trinajstić information content (AvgIpc) is 2.12. The molecule has 1 aliphatic rings. The zero-order chi connectivity index (χ0) is 7.61. The van der Waals surface area contributed by atoms with Gasteiger partial charge in [0.2, 0.25) is 5.90 Å². The lowest BCUT2D eigenvalue weighted by Gasteiger charge is -1.93. The smallest absolute Gasteiger partial charge is 0.366 e. The lowest BCUT2D eigenvalue weighted by Crippen LogP contribution is -2.02. The standard InChI is InChI=1S/C4H6N2O3S/c1-2-9-4-3-5-10(7,8)6-4/h3H,2H2,1H3. The van der Waals surface area contributed by atoms with Crippen molar-refractivity contribution in [3.05, 3.63) is 0 Å². The van der Waals surface area contributed by atoms with Crippen molar-refractivity contribution in [3.8, 4) is 0 Å². The zero-order valence-electron chi connectivity index (χ0n) is 5.31. The maximum absolute atomic E-state index is 10.5. The first-order chi connectivity index (χ1) is 4.64. The minimum absolute atomic E-state index is 0.0579. The van der Waals surface area contributed by atoms with Crippen molar-refractivity contribution >= 4 is 22.3 Å². The van der Waals surface area contributed by atoms with Gasteiger partial charge in [-0.1, -0.05) is 0 Å². The van der Waals surface area contributed by atoms with E-state index in [2.05, 4.69) is 8.80 Å². The summed E-state index contributed by atoms with van der Waals surface area (Å²) in [7, 11) is -3.59. The number of ether oxygens (including phenoxy) is 1. The molecule has 5 nitrogen and oxygen atoms in total. The molecule has 0 bridgehead atoms. The van der Waals surface area contributed by atoms with Gasteiger partial charge >= 0.3 is 10.2 Å². The number of hydrogen-bond donors (Lipinski definition) is 0. The lowest BCUT2D eigenvalue weighted by atomic mass is 10.7. The van der Waals surface area contributed by atoms with Crippen molar-refractivity contribution in [2.24, 2.45) is 8.80 Å². The van der Waals surface area contributed by atoms with Crippen LogP contribution in [-0.2, 0) is 14.9 Å². The van der Waals surface area contributed by atoms with Crippen LogP contribution < -0.4 is 0 Å². The second-order valence-electron chi connectivity index (χ2n) is 1.54. The second kappa shape index (κ2) is 2.37. The van der Waals surface area contributed by atoms with Gasteiger partial charge in [0.05, 0.1) is 6.61 Å². The van der Waals surface area contributed by atoms with E-state index in [0.717, 1.165) is 6.21 Å². The molecule has 56 valence electrons. The number of hydrogen-bond acceptors (Lipinski definition) is 3. The van der Waals surface area contributed by atoms with Crippen LogP contribution in [-0.4, -0.2) is 27.1 Å². The number of nitrogens with zero attached hydrogens (tertiary/aromatic N) is 2. The van der Waals surface area contributed by atoms with Gasteiger partial charge in [0.15, 0.2) is 0 Å². The summed E-state index contributed by atoms with van der Waals surface area (Å²) in [6.45, 7) is 2.13. The molecule has 0 spiro atoms. The third-order valence-corrected chi connectivity index (χ3v) is 1.58. The van der Waals surface area contributed by atoms with Crippen LogP contribution in [0, 0.1) is 0 Å². The molecule has 0 aromatic carbocycles. The summed E-state index contributed by atoms with van der Waals surface area (Å²) in [4.78, 5) is 0. The molecule has 0 aromatic heterocycles. The van der Waals surface area contributed by atoms with Gasteiger partial charge in [-0.05, 0) is 6.92 Å². The van der Waals surface area contributed by atoms with Crippen LogP contribution in [0.2, 0.25) is 0 Å². The molecule has 1 heterocycles. The third-order valence-electron chi connectivity index (χ3n) is 0.794. The predicted molar refractivity (Wildman–Crippen MR) is 36.5 cm³/mol. The van der Waals surface area contributed by atoms with Crippen LogP contribution >= 0.6 is 0 Å². The summed E-state index contributed by atoms with van der Waals surface area (Å²) in [5.41, 5.74) is 0. The molecule has 0 saturated heterocycles. The van der Waals surface area contributed by atoms with Crippen molar-refractivity contribution < 1.29 is 13.2 Å². The Kier molecular flexibility index (Phi) is 1.71. The molecule has 0 N–H and O–H groups in total. The fourth-order valence-electron chi connectivity index (χ4n) is 0.484. The highest BCUT2D eigenvalue weighted by molar-refractivity contribution is 7.89. The first-order valence-electron chi connectivity index (χ1n) is 2.67. The Morgan fingerprint density at radius 3 is 2.80 bits per heavy atom. The molecular formula is C4H6N2O3S. The Balaban J connectivity index is 2.79. The molecule has 0 aliphatic carbocycles. The van der Waals surface area contributed by atoms with Crippen LogP contribution in [0.3, 0.4) is 0 Å². The van der Waals surface area contributed by atoms with Crippen LogP contribution in [0.1, 0.15) is 6.92 Å². The predicted octanol–water partition coefficient (Wildman–Crippen LogP) is -0.249. The van der Waals surface area contributed by atoms with E-state index in [9.17, 15) is 8.42 Å². The van der Waals surface area contributed by atoms with Crippen molar-refractivity contribution in [2.45, 2.75) is 6.92 Å². The summed E-state index contributed by atoms with van der Waals surface area (Å²) < 4.78 is 31.9. The van der Waals surface area contributed by atoms with E-state index in [1.165, 1.54) is 0 Å². The van der Waals surface area contributed by atoms with Gasteiger partial charge in [-0.3, -0.25) is 0 Å². The van der Waals surface area contributed by atoms with E-state index in [-0.39, 0.29) is 5.90 Å². The highest BCUT2D eigenvalue weighted by Gasteiger charge is 2.14. The third kappa shape index (κ3) is 1.53. The second-order valence-corrected chi connectivity index (χ2v) is 2.83. The minimum Gasteiger partial charge on any atom is -0.476 e. The highest BCUT2D eigenvalue weighted by atomic mass is 32.2. The molecule has 10 heavy (non-hydrogen) atoms. The molecular weight excluding hydrogens is 156 g/mol. The topological polar surface area (TPSA) is 68.1 Å². The molecule has 0 unspecified atom stereocenters. The molecule has 0 radical (unpaired) electrons. The highest BCUT2D eigenvalue weighted by Crippen LogP contribution is 2.01. The summed E-state index contributed by atoms with van der Waals surface area (Å²) in [5.74, 6) is 0.0579. The fourth-order valence-corrected chi connectivity index (χ4v) is 1.08. The van der Waals surface area contributed by atoms with Crippen molar-refractivity contribution in [2.75, 3.05) is 6.61 Å². The molecule has 0 amide bonds. The van der Waals surface area contributed by atoms with Crippen molar-refractivity contribution in [1.82, 2.24) is 0 Å². The van der Waals surface area contributed by atoms with Gasteiger partial charge in [-0.2, -0.15) is 8.42 Å². The van der Waals surface area contributed by atoms with Crippen LogP contribution in [0.15, 0.2) is 8.80 Å². The van der Waals surface area contributed by atoms with E-state index in [4.69, 9.17) is 4.74 Å². The lowest BCUT2D eigenvalue weighted by molar-refractivity contribution is 0.336. The van der Waals surface area contributed by atoms with Crippen LogP contribution in [0.4, 0.5) is 0 Å². The van der Waals surface area contributed by atoms with E-state index in [1.54, 1.807) is 6.92 Å². The number of rotatable bonds is 1. The van der Waals surface area contributed by atoms with Crippen LogP contribution in [0.25, 0.3) is 0 Å². The van der Waals surface area contributed by atoms with Gasteiger partial charge in [0, 0.05) is 0 Å². The van der Waals surface area contributed by atoms with Gasteiger partial charge in [-0.25, -0.2) is 0 Å². The Morgan fingerprint density at radius 2 is 2.40 bits per heavy atom. The Hall–Kier alpha value is -0.910. The summed E-state index contributed by atoms with van der Waals surface area (Å²) in [6, 6.07) is 0. The monoisotopic (exact) mass is 162 g/mol. The summed E-state index contributed by atoms with van der Waals surface area (Å²) in [5, 5.41) is 0. The Morgan fingerprint density at radius 1 is 1.70 bits per heavy atom. The minimum atomic E-state index is -3.59. The SMILES string of the molecule is CCOC1=NS(=O)(=O)N=C1. The average molecular weight is 162 g/mol. The maximum atomic E-state index is 10.5. The van der Waals surface area contributed by atoms with E-state index in [0.29, 0.717) is 6.61 Å². The first kappa shape index (κ1) is 7.20. The van der Waals surface area contributed by atoms with Gasteiger partial charge < -0.3 is 4.74 Å². The zero-order valence-corrected chi connectivity index (χ0v) is 6.13. The normalized spacial score (nSPS) is 20.7. The van der Waals surface area contributed by atoms with Gasteiger partial charge in [0.25, 0.3) is 0 Å². The van der Waals surface area contributed by atoms with Gasteiger partial charge in [0.1, 0.15) is 6.21 Å². The van der Waals surface area contributed by atoms with Gasteiger partial charge in [-0.15, -0.1) is 8.80 Å². The van der Waals surface area contributed by atoms with Crippen LogP contribution in [0.5, 0.6) is 0 Å². The molecule has 0 aromatic rings. The summed E-state index contributed by atoms with van der Waals surface area (Å²) >= 11 is 0. The molecule has 0 fully saturated rings.